The summed E-state index contributed by atoms with van der Waals surface area (Å²) in [5.74, 6) is 0.868. The van der Waals surface area contributed by atoms with Crippen LogP contribution in [0.4, 0.5) is 5.13 Å². The van der Waals surface area contributed by atoms with Crippen molar-refractivity contribution in [2.45, 2.75) is 45.1 Å². The van der Waals surface area contributed by atoms with Crippen molar-refractivity contribution in [3.63, 3.8) is 0 Å². The first kappa shape index (κ1) is 22.5. The van der Waals surface area contributed by atoms with Crippen LogP contribution >= 0.6 is 11.3 Å². The Balaban J connectivity index is 1.41. The highest BCUT2D eigenvalue weighted by Gasteiger charge is 2.36. The molecule has 0 aliphatic carbocycles. The minimum Gasteiger partial charge on any atom is -0.493 e. The van der Waals surface area contributed by atoms with Crippen molar-refractivity contribution in [3.8, 4) is 11.5 Å². The van der Waals surface area contributed by atoms with E-state index >= 15 is 0 Å². The van der Waals surface area contributed by atoms with Crippen LogP contribution in [0, 0.1) is 0 Å². The molecule has 0 radical (unpaired) electrons. The third-order valence-electron chi connectivity index (χ3n) is 5.81. The molecule has 0 saturated carbocycles. The van der Waals surface area contributed by atoms with Gasteiger partial charge in [-0.3, -0.25) is 4.79 Å². The normalized spacial score (nSPS) is 20.6. The predicted octanol–water partition coefficient (Wildman–Crippen LogP) is 1.69. The van der Waals surface area contributed by atoms with Gasteiger partial charge in [0.25, 0.3) is 5.91 Å². The molecule has 1 saturated heterocycles. The quantitative estimate of drug-likeness (QED) is 0.589. The Morgan fingerprint density at radius 3 is 3.03 bits per heavy atom. The molecular weight excluding hydrogens is 458 g/mol. The highest BCUT2D eigenvalue weighted by atomic mass is 32.1. The van der Waals surface area contributed by atoms with Gasteiger partial charge in [0.1, 0.15) is 17.3 Å². The number of ether oxygens (including phenoxy) is 3. The Morgan fingerprint density at radius 1 is 1.26 bits per heavy atom. The molecule has 180 valence electrons. The number of fused-ring (bicyclic) bond motifs is 5. The van der Waals surface area contributed by atoms with Crippen molar-refractivity contribution >= 4 is 22.4 Å². The van der Waals surface area contributed by atoms with Crippen LogP contribution < -0.4 is 19.7 Å². The average Bonchev–Trinajstić information content (AvgIpc) is 3.58. The number of methoxy groups -OCH3 is 1. The fourth-order valence-electron chi connectivity index (χ4n) is 4.06. The van der Waals surface area contributed by atoms with Gasteiger partial charge in [-0.2, -0.15) is 0 Å². The van der Waals surface area contributed by atoms with E-state index in [-0.39, 0.29) is 18.1 Å². The summed E-state index contributed by atoms with van der Waals surface area (Å²) in [6, 6.07) is 4.93. The molecule has 3 aromatic rings. The molecule has 0 unspecified atom stereocenters. The monoisotopic (exact) mass is 485 g/mol. The van der Waals surface area contributed by atoms with Gasteiger partial charge in [-0.15, -0.1) is 15.3 Å². The lowest BCUT2D eigenvalue weighted by molar-refractivity contribution is 0.0347. The summed E-state index contributed by atoms with van der Waals surface area (Å²) in [5.41, 5.74) is 1.21. The van der Waals surface area contributed by atoms with Crippen molar-refractivity contribution in [2.75, 3.05) is 31.7 Å². The van der Waals surface area contributed by atoms with E-state index in [0.29, 0.717) is 49.9 Å². The third-order valence-corrected chi connectivity index (χ3v) is 6.85. The zero-order valence-corrected chi connectivity index (χ0v) is 20.0. The number of aromatic nitrogens is 5. The van der Waals surface area contributed by atoms with Gasteiger partial charge in [0.2, 0.25) is 5.13 Å². The maximum atomic E-state index is 13.2. The second-order valence-electron chi connectivity index (χ2n) is 8.25. The molecule has 12 heteroatoms. The Hall–Kier alpha value is -3.25. The van der Waals surface area contributed by atoms with Crippen LogP contribution in [0.25, 0.3) is 0 Å². The lowest BCUT2D eigenvalue weighted by Gasteiger charge is -2.20. The topological polar surface area (TPSA) is 117 Å². The number of amides is 1. The van der Waals surface area contributed by atoms with E-state index in [2.05, 4.69) is 37.6 Å². The van der Waals surface area contributed by atoms with E-state index < -0.39 is 0 Å². The first-order valence-electron chi connectivity index (χ1n) is 11.3. The van der Waals surface area contributed by atoms with Gasteiger partial charge < -0.3 is 24.4 Å². The molecule has 2 aromatic heterocycles. The highest BCUT2D eigenvalue weighted by molar-refractivity contribution is 7.15. The summed E-state index contributed by atoms with van der Waals surface area (Å²) in [4.78, 5) is 15.3. The second kappa shape index (κ2) is 9.94. The maximum Gasteiger partial charge on any atom is 0.251 e. The van der Waals surface area contributed by atoms with Gasteiger partial charge >= 0.3 is 0 Å². The summed E-state index contributed by atoms with van der Waals surface area (Å²) in [5, 5.41) is 22.0. The van der Waals surface area contributed by atoms with Gasteiger partial charge in [0.15, 0.2) is 11.5 Å². The summed E-state index contributed by atoms with van der Waals surface area (Å²) in [6.45, 7) is 4.44. The van der Waals surface area contributed by atoms with Crippen molar-refractivity contribution < 1.29 is 19.0 Å². The predicted molar refractivity (Wildman–Crippen MR) is 124 cm³/mol. The van der Waals surface area contributed by atoms with Gasteiger partial charge in [0, 0.05) is 25.1 Å². The zero-order valence-electron chi connectivity index (χ0n) is 19.1. The molecule has 1 aromatic carbocycles. The smallest absolute Gasteiger partial charge is 0.251 e. The van der Waals surface area contributed by atoms with Crippen LogP contribution in [-0.2, 0) is 24.3 Å². The van der Waals surface area contributed by atoms with E-state index in [1.54, 1.807) is 41.3 Å². The molecule has 2 atom stereocenters. The molecule has 2 aliphatic rings. The van der Waals surface area contributed by atoms with Crippen molar-refractivity contribution in [1.29, 1.82) is 0 Å². The van der Waals surface area contributed by atoms with Crippen LogP contribution in [0.1, 0.15) is 34.4 Å². The molecule has 4 heterocycles. The molecule has 1 N–H and O–H groups in total. The van der Waals surface area contributed by atoms with Crippen molar-refractivity contribution in [2.24, 2.45) is 0 Å². The number of carbonyl (C=O) groups excluding carboxylic acids is 1. The van der Waals surface area contributed by atoms with E-state index in [4.69, 9.17) is 14.2 Å². The van der Waals surface area contributed by atoms with E-state index in [9.17, 15) is 4.79 Å². The standard InChI is InChI=1S/C22H27N7O4S/c1-3-4-20-25-26-22(34-20)28-11-16-19(12-28)33-13-15-10-29(27-24-15)7-8-32-18-9-14(21(30)23-16)5-6-17(18)31-2/h5-6,9-10,16,19H,3-4,7-8,11-13H2,1-2H3,(H,23,30)/t16-,19-/m0/s1. The summed E-state index contributed by atoms with van der Waals surface area (Å²) in [6.07, 6.45) is 3.53. The minimum atomic E-state index is -0.244. The number of nitrogens with one attached hydrogen (secondary N) is 1. The van der Waals surface area contributed by atoms with Crippen molar-refractivity contribution in [1.82, 2.24) is 30.5 Å². The van der Waals surface area contributed by atoms with Crippen LogP contribution in [0.15, 0.2) is 24.4 Å². The fourth-order valence-corrected chi connectivity index (χ4v) is 5.02. The number of benzene rings is 1. The lowest BCUT2D eigenvalue weighted by atomic mass is 10.1. The molecule has 5 rings (SSSR count). The molecule has 4 bridgehead atoms. The van der Waals surface area contributed by atoms with E-state index in [1.807, 2.05) is 6.20 Å². The third kappa shape index (κ3) is 4.82. The summed E-state index contributed by atoms with van der Waals surface area (Å²) < 4.78 is 19.2. The van der Waals surface area contributed by atoms with E-state index in [0.717, 1.165) is 28.7 Å². The van der Waals surface area contributed by atoms with Crippen LogP contribution in [-0.4, -0.2) is 70.1 Å². The number of anilines is 1. The van der Waals surface area contributed by atoms with Crippen LogP contribution in [0.2, 0.25) is 0 Å². The number of carbonyl (C=O) groups is 1. The Labute approximate surface area is 201 Å². The number of hydrogen-bond acceptors (Lipinski definition) is 10. The number of nitrogens with zero attached hydrogens (tertiary/aromatic N) is 6. The summed E-state index contributed by atoms with van der Waals surface area (Å²) >= 11 is 1.59. The molecule has 1 fully saturated rings. The van der Waals surface area contributed by atoms with E-state index in [1.165, 1.54) is 0 Å². The average molecular weight is 486 g/mol. The largest absolute Gasteiger partial charge is 0.493 e. The van der Waals surface area contributed by atoms with Crippen molar-refractivity contribution in [3.05, 3.63) is 40.7 Å². The van der Waals surface area contributed by atoms with Crippen LogP contribution in [0.5, 0.6) is 11.5 Å². The first-order chi connectivity index (χ1) is 16.6. The Bertz CT molecular complexity index is 1150. The van der Waals surface area contributed by atoms with Gasteiger partial charge in [-0.1, -0.05) is 23.5 Å². The number of hydrogen-bond donors (Lipinski definition) is 1. The minimum absolute atomic E-state index is 0.198. The SMILES string of the molecule is CCCc1nnc(N2C[C@@H]3NC(=O)c4ccc(OC)c(c4)OCCn4cc(nn4)CO[C@H]3C2)s1. The fraction of sp³-hybridized carbons (Fsp3) is 0.500. The molecule has 1 amide bonds. The molecule has 11 nitrogen and oxygen atoms in total. The van der Waals surface area contributed by atoms with Crippen LogP contribution in [0.3, 0.4) is 0 Å². The highest BCUT2D eigenvalue weighted by Crippen LogP contribution is 2.30. The molecular formula is C22H27N7O4S. The number of rotatable bonds is 4. The second-order valence-corrected chi connectivity index (χ2v) is 9.29. The maximum absolute atomic E-state index is 13.2. The zero-order chi connectivity index (χ0) is 23.5. The Kier molecular flexibility index (Phi) is 6.59. The molecule has 2 aliphatic heterocycles. The Morgan fingerprint density at radius 2 is 2.18 bits per heavy atom. The molecule has 0 spiro atoms. The number of aryl methyl sites for hydroxylation is 1. The summed E-state index contributed by atoms with van der Waals surface area (Å²) in [7, 11) is 1.57. The van der Waals surface area contributed by atoms with Gasteiger partial charge in [-0.05, 0) is 24.6 Å². The molecule has 34 heavy (non-hydrogen) atoms. The lowest BCUT2D eigenvalue weighted by Crippen LogP contribution is -2.44. The van der Waals surface area contributed by atoms with Gasteiger partial charge in [-0.25, -0.2) is 4.68 Å². The van der Waals surface area contributed by atoms with Gasteiger partial charge in [0.05, 0.1) is 38.6 Å². The first-order valence-corrected chi connectivity index (χ1v) is 12.1.